The number of hydrogen-bond donors (Lipinski definition) is 1. The molecule has 19 heavy (non-hydrogen) atoms. The molecule has 3 rings (SSSR count). The number of hydrogen-bond acceptors (Lipinski definition) is 2. The van der Waals surface area contributed by atoms with Crippen molar-refractivity contribution >= 4 is 28.4 Å². The Balaban J connectivity index is 1.96. The number of aromatic nitrogens is 1. The molecular formula is C14H13ClN2O2. The van der Waals surface area contributed by atoms with Crippen LogP contribution in [0.1, 0.15) is 12.8 Å². The summed E-state index contributed by atoms with van der Waals surface area (Å²) in [4.78, 5) is 23.6. The number of pyridine rings is 1. The highest BCUT2D eigenvalue weighted by molar-refractivity contribution is 6.31. The number of rotatable bonds is 3. The van der Waals surface area contributed by atoms with Gasteiger partial charge in [-0.1, -0.05) is 11.6 Å². The maximum Gasteiger partial charge on any atom is 0.240 e. The lowest BCUT2D eigenvalue weighted by atomic mass is 10.2. The van der Waals surface area contributed by atoms with Crippen LogP contribution in [0.5, 0.6) is 0 Å². The highest BCUT2D eigenvalue weighted by Gasteiger charge is 2.23. The van der Waals surface area contributed by atoms with Crippen LogP contribution in [0.15, 0.2) is 35.3 Å². The molecule has 0 spiro atoms. The van der Waals surface area contributed by atoms with E-state index in [0.29, 0.717) is 16.5 Å². The van der Waals surface area contributed by atoms with Gasteiger partial charge in [0.2, 0.25) is 5.91 Å². The van der Waals surface area contributed by atoms with Gasteiger partial charge in [0.15, 0.2) is 5.43 Å². The Hall–Kier alpha value is -1.81. The zero-order valence-corrected chi connectivity index (χ0v) is 11.0. The highest BCUT2D eigenvalue weighted by Crippen LogP contribution is 2.19. The van der Waals surface area contributed by atoms with Crippen LogP contribution in [-0.2, 0) is 11.3 Å². The molecule has 4 nitrogen and oxygen atoms in total. The zero-order chi connectivity index (χ0) is 13.4. The maximum atomic E-state index is 11.8. The Morgan fingerprint density at radius 1 is 1.37 bits per heavy atom. The van der Waals surface area contributed by atoms with Crippen LogP contribution in [0.2, 0.25) is 5.02 Å². The van der Waals surface area contributed by atoms with Crippen LogP contribution >= 0.6 is 11.6 Å². The van der Waals surface area contributed by atoms with Gasteiger partial charge in [-0.15, -0.1) is 0 Å². The number of carbonyl (C=O) groups is 1. The predicted molar refractivity (Wildman–Crippen MR) is 74.4 cm³/mol. The molecule has 0 saturated heterocycles. The molecule has 0 bridgehead atoms. The van der Waals surface area contributed by atoms with Gasteiger partial charge >= 0.3 is 0 Å². The topological polar surface area (TPSA) is 51.1 Å². The molecule has 1 N–H and O–H groups in total. The number of amides is 1. The van der Waals surface area contributed by atoms with Gasteiger partial charge in [0.1, 0.15) is 6.54 Å². The van der Waals surface area contributed by atoms with Crippen LogP contribution in [0.3, 0.4) is 0 Å². The molecule has 1 saturated carbocycles. The Kier molecular flexibility index (Phi) is 3.03. The lowest BCUT2D eigenvalue weighted by Gasteiger charge is -2.10. The van der Waals surface area contributed by atoms with E-state index in [1.807, 2.05) is 0 Å². The van der Waals surface area contributed by atoms with Gasteiger partial charge in [0.05, 0.1) is 5.52 Å². The summed E-state index contributed by atoms with van der Waals surface area (Å²) in [6.07, 6.45) is 3.77. The first-order valence-electron chi connectivity index (χ1n) is 6.21. The SMILES string of the molecule is O=C(Cn1ccc(=O)c2cc(Cl)ccc21)NC1CC1. The molecule has 1 fully saturated rings. The molecule has 0 atom stereocenters. The van der Waals surface area contributed by atoms with Crippen molar-refractivity contribution in [1.82, 2.24) is 9.88 Å². The normalized spacial score (nSPS) is 14.6. The van der Waals surface area contributed by atoms with E-state index in [1.165, 1.54) is 6.07 Å². The highest BCUT2D eigenvalue weighted by atomic mass is 35.5. The Labute approximate surface area is 115 Å². The van der Waals surface area contributed by atoms with Crippen molar-refractivity contribution in [2.45, 2.75) is 25.4 Å². The Morgan fingerprint density at radius 2 is 2.16 bits per heavy atom. The molecule has 5 heteroatoms. The lowest BCUT2D eigenvalue weighted by molar-refractivity contribution is -0.121. The molecule has 1 aromatic carbocycles. The molecule has 1 heterocycles. The Morgan fingerprint density at radius 3 is 2.89 bits per heavy atom. The van der Waals surface area contributed by atoms with Gasteiger partial charge in [-0.05, 0) is 31.0 Å². The van der Waals surface area contributed by atoms with Crippen LogP contribution in [0.25, 0.3) is 10.9 Å². The molecule has 1 aliphatic carbocycles. The molecular weight excluding hydrogens is 264 g/mol. The smallest absolute Gasteiger partial charge is 0.240 e. The minimum absolute atomic E-state index is 0.0256. The van der Waals surface area contributed by atoms with Crippen LogP contribution < -0.4 is 10.7 Å². The van der Waals surface area contributed by atoms with Crippen LogP contribution in [0.4, 0.5) is 0 Å². The summed E-state index contributed by atoms with van der Waals surface area (Å²) in [5.74, 6) is -0.0256. The first kappa shape index (κ1) is 12.2. The van der Waals surface area contributed by atoms with Crippen molar-refractivity contribution in [2.24, 2.45) is 0 Å². The average Bonchev–Trinajstić information content (AvgIpc) is 3.17. The minimum Gasteiger partial charge on any atom is -0.352 e. The standard InChI is InChI=1S/C14H13ClN2O2/c15-9-1-4-12-11(7-9)13(18)5-6-17(12)8-14(19)16-10-2-3-10/h1,4-7,10H,2-3,8H2,(H,16,19). The third-order valence-electron chi connectivity index (χ3n) is 3.20. The van der Waals surface area contributed by atoms with Gasteiger partial charge in [-0.3, -0.25) is 9.59 Å². The zero-order valence-electron chi connectivity index (χ0n) is 10.2. The average molecular weight is 277 g/mol. The summed E-state index contributed by atoms with van der Waals surface area (Å²) in [6.45, 7) is 0.217. The van der Waals surface area contributed by atoms with E-state index in [1.54, 1.807) is 29.0 Å². The second kappa shape index (κ2) is 4.70. The fraction of sp³-hybridized carbons (Fsp3) is 0.286. The molecule has 0 radical (unpaired) electrons. The number of fused-ring (bicyclic) bond motifs is 1. The summed E-state index contributed by atoms with van der Waals surface area (Å²) in [5.41, 5.74) is 0.638. The monoisotopic (exact) mass is 276 g/mol. The number of halogens is 1. The first-order valence-corrected chi connectivity index (χ1v) is 6.59. The quantitative estimate of drug-likeness (QED) is 0.931. The van der Waals surface area contributed by atoms with Crippen molar-refractivity contribution < 1.29 is 4.79 Å². The van der Waals surface area contributed by atoms with E-state index in [4.69, 9.17) is 11.6 Å². The summed E-state index contributed by atoms with van der Waals surface area (Å²) in [5, 5.41) is 3.98. The Bertz CT molecular complexity index is 704. The third-order valence-corrected chi connectivity index (χ3v) is 3.43. The van der Waals surface area contributed by atoms with Crippen molar-refractivity contribution in [3.8, 4) is 0 Å². The van der Waals surface area contributed by atoms with E-state index in [9.17, 15) is 9.59 Å². The summed E-state index contributed by atoms with van der Waals surface area (Å²) in [7, 11) is 0. The number of benzene rings is 1. The second-order valence-corrected chi connectivity index (χ2v) is 5.25. The predicted octanol–water partition coefficient (Wildman–Crippen LogP) is 1.93. The molecule has 1 aromatic heterocycles. The minimum atomic E-state index is -0.0867. The first-order chi connectivity index (χ1) is 9.13. The molecule has 0 unspecified atom stereocenters. The number of nitrogens with zero attached hydrogens (tertiary/aromatic N) is 1. The summed E-state index contributed by atoms with van der Waals surface area (Å²) < 4.78 is 1.77. The van der Waals surface area contributed by atoms with Gasteiger partial charge in [-0.2, -0.15) is 0 Å². The molecule has 2 aromatic rings. The van der Waals surface area contributed by atoms with Crippen molar-refractivity contribution in [2.75, 3.05) is 0 Å². The van der Waals surface area contributed by atoms with Gasteiger partial charge in [0.25, 0.3) is 0 Å². The van der Waals surface area contributed by atoms with Gasteiger partial charge in [-0.25, -0.2) is 0 Å². The van der Waals surface area contributed by atoms with Gasteiger partial charge < -0.3 is 9.88 Å². The largest absolute Gasteiger partial charge is 0.352 e. The van der Waals surface area contributed by atoms with Gasteiger partial charge in [0, 0.05) is 28.7 Å². The van der Waals surface area contributed by atoms with Crippen molar-refractivity contribution in [1.29, 1.82) is 0 Å². The van der Waals surface area contributed by atoms with Crippen molar-refractivity contribution in [3.05, 3.63) is 45.7 Å². The molecule has 1 aliphatic rings. The fourth-order valence-electron chi connectivity index (χ4n) is 2.08. The fourth-order valence-corrected chi connectivity index (χ4v) is 2.25. The van der Waals surface area contributed by atoms with Crippen LogP contribution in [0, 0.1) is 0 Å². The number of nitrogens with one attached hydrogen (secondary N) is 1. The van der Waals surface area contributed by atoms with E-state index >= 15 is 0 Å². The van der Waals surface area contributed by atoms with E-state index in [-0.39, 0.29) is 17.9 Å². The molecule has 0 aliphatic heterocycles. The third kappa shape index (κ3) is 2.63. The lowest BCUT2D eigenvalue weighted by Crippen LogP contribution is -2.29. The van der Waals surface area contributed by atoms with Crippen LogP contribution in [-0.4, -0.2) is 16.5 Å². The van der Waals surface area contributed by atoms with Crippen molar-refractivity contribution in [3.63, 3.8) is 0 Å². The summed E-state index contributed by atoms with van der Waals surface area (Å²) in [6, 6.07) is 6.92. The molecule has 98 valence electrons. The van der Waals surface area contributed by atoms with E-state index < -0.39 is 0 Å². The van der Waals surface area contributed by atoms with E-state index in [0.717, 1.165) is 18.4 Å². The second-order valence-electron chi connectivity index (χ2n) is 4.81. The number of carbonyl (C=O) groups excluding carboxylic acids is 1. The molecule has 1 amide bonds. The van der Waals surface area contributed by atoms with E-state index in [2.05, 4.69) is 5.32 Å². The maximum absolute atomic E-state index is 11.8. The summed E-state index contributed by atoms with van der Waals surface area (Å²) >= 11 is 5.90.